The molecule has 3 heterocycles. The Balaban J connectivity index is 1.62. The third-order valence-electron chi connectivity index (χ3n) is 4.60. The summed E-state index contributed by atoms with van der Waals surface area (Å²) in [6, 6.07) is 7.68. The number of ketones is 1. The zero-order valence-corrected chi connectivity index (χ0v) is 18.3. The number of thiazole rings is 1. The molecule has 1 aromatic carbocycles. The van der Waals surface area contributed by atoms with Crippen molar-refractivity contribution in [2.24, 2.45) is 0 Å². The average molecular weight is 446 g/mol. The number of Topliss-reactive ketones (excluding diaryl/α,β-unsaturated/α-hetero) is 1. The third-order valence-corrected chi connectivity index (χ3v) is 7.18. The first kappa shape index (κ1) is 20.1. The number of aryl methyl sites for hydroxylation is 1. The third kappa shape index (κ3) is 4.39. The average Bonchev–Trinajstić information content (AvgIpc) is 3.25. The second-order valence-electron chi connectivity index (χ2n) is 6.79. The first-order chi connectivity index (χ1) is 14.0. The van der Waals surface area contributed by atoms with Gasteiger partial charge in [-0.2, -0.15) is 0 Å². The van der Waals surface area contributed by atoms with E-state index in [0.29, 0.717) is 22.8 Å². The lowest BCUT2D eigenvalue weighted by molar-refractivity contribution is -0.117. The number of benzene rings is 1. The Hall–Kier alpha value is -2.16. The van der Waals surface area contributed by atoms with Crippen LogP contribution in [0.1, 0.15) is 32.6 Å². The molecule has 9 heteroatoms. The van der Waals surface area contributed by atoms with Gasteiger partial charge in [0.25, 0.3) is 0 Å². The SMILES string of the molecule is CC(=O)CCCCCn1c(Sc2nc3cccc(Cl)c3s2)nc2c(N)nccc21. The lowest BCUT2D eigenvalue weighted by Crippen LogP contribution is -2.01. The topological polar surface area (TPSA) is 86.7 Å². The van der Waals surface area contributed by atoms with Gasteiger partial charge >= 0.3 is 0 Å². The number of unbranched alkanes of at least 4 members (excludes halogenated alkanes) is 2. The summed E-state index contributed by atoms with van der Waals surface area (Å²) in [6.07, 6.45) is 5.19. The Kier molecular flexibility index (Phi) is 6.03. The normalized spacial score (nSPS) is 11.5. The molecule has 0 atom stereocenters. The fourth-order valence-corrected chi connectivity index (χ4v) is 5.55. The predicted octanol–water partition coefficient (Wildman–Crippen LogP) is 5.58. The molecule has 150 valence electrons. The number of halogens is 1. The van der Waals surface area contributed by atoms with E-state index in [-0.39, 0.29) is 5.78 Å². The molecule has 0 saturated carbocycles. The Morgan fingerprint density at radius 3 is 2.90 bits per heavy atom. The van der Waals surface area contributed by atoms with E-state index in [9.17, 15) is 4.79 Å². The van der Waals surface area contributed by atoms with Crippen LogP contribution >= 0.6 is 34.7 Å². The highest BCUT2D eigenvalue weighted by Crippen LogP contribution is 2.38. The Bertz CT molecular complexity index is 1190. The number of carbonyl (C=O) groups is 1. The van der Waals surface area contributed by atoms with Crippen LogP contribution in [-0.4, -0.2) is 25.3 Å². The van der Waals surface area contributed by atoms with Crippen molar-refractivity contribution >= 4 is 67.6 Å². The van der Waals surface area contributed by atoms with Gasteiger partial charge in [0.2, 0.25) is 0 Å². The second kappa shape index (κ2) is 8.69. The second-order valence-corrected chi connectivity index (χ2v) is 9.41. The van der Waals surface area contributed by atoms with Crippen molar-refractivity contribution in [2.45, 2.75) is 48.6 Å². The molecule has 29 heavy (non-hydrogen) atoms. The van der Waals surface area contributed by atoms with Gasteiger partial charge in [0, 0.05) is 19.2 Å². The molecular weight excluding hydrogens is 426 g/mol. The summed E-state index contributed by atoms with van der Waals surface area (Å²) >= 11 is 9.38. The summed E-state index contributed by atoms with van der Waals surface area (Å²) < 4.78 is 4.02. The number of hydrogen-bond donors (Lipinski definition) is 1. The highest BCUT2D eigenvalue weighted by molar-refractivity contribution is 8.01. The van der Waals surface area contributed by atoms with Gasteiger partial charge in [0.05, 0.1) is 20.8 Å². The number of nitrogens with zero attached hydrogens (tertiary/aromatic N) is 4. The quantitative estimate of drug-likeness (QED) is 0.356. The molecular formula is C20H20ClN5OS2. The summed E-state index contributed by atoms with van der Waals surface area (Å²) in [6.45, 7) is 2.43. The molecule has 4 aromatic rings. The number of imidazole rings is 1. The number of nitrogen functional groups attached to an aromatic ring is 1. The minimum Gasteiger partial charge on any atom is -0.382 e. The van der Waals surface area contributed by atoms with Crippen molar-refractivity contribution < 1.29 is 4.79 Å². The minimum absolute atomic E-state index is 0.239. The van der Waals surface area contributed by atoms with Crippen LogP contribution in [0.4, 0.5) is 5.82 Å². The largest absolute Gasteiger partial charge is 0.382 e. The van der Waals surface area contributed by atoms with Gasteiger partial charge < -0.3 is 15.1 Å². The van der Waals surface area contributed by atoms with E-state index in [1.165, 1.54) is 11.8 Å². The smallest absolute Gasteiger partial charge is 0.176 e. The minimum atomic E-state index is 0.239. The van der Waals surface area contributed by atoms with Gasteiger partial charge in [0.1, 0.15) is 11.3 Å². The van der Waals surface area contributed by atoms with E-state index >= 15 is 0 Å². The van der Waals surface area contributed by atoms with E-state index in [0.717, 1.165) is 51.0 Å². The standard InChI is InChI=1S/C20H20ClN5OS2/c1-12(27)6-3-2-4-11-26-15-9-10-23-18(22)16(15)25-19(26)29-20-24-14-8-5-7-13(21)17(14)28-20/h5,7-10H,2-4,6,11H2,1H3,(H2,22,23). The molecule has 3 aromatic heterocycles. The fraction of sp³-hybridized carbons (Fsp3) is 0.300. The van der Waals surface area contributed by atoms with Crippen molar-refractivity contribution in [2.75, 3.05) is 5.73 Å². The molecule has 6 nitrogen and oxygen atoms in total. The Morgan fingerprint density at radius 2 is 2.10 bits per heavy atom. The van der Waals surface area contributed by atoms with Crippen LogP contribution in [0.3, 0.4) is 0 Å². The van der Waals surface area contributed by atoms with Gasteiger partial charge in [-0.1, -0.05) is 24.1 Å². The van der Waals surface area contributed by atoms with Crippen molar-refractivity contribution in [3.63, 3.8) is 0 Å². The van der Waals surface area contributed by atoms with Crippen LogP contribution in [0, 0.1) is 0 Å². The van der Waals surface area contributed by atoms with Crippen LogP contribution in [0.25, 0.3) is 21.3 Å². The number of pyridine rings is 1. The fourth-order valence-electron chi connectivity index (χ4n) is 3.18. The molecule has 0 aliphatic heterocycles. The van der Waals surface area contributed by atoms with Crippen LogP contribution in [-0.2, 0) is 11.3 Å². The molecule has 0 aliphatic carbocycles. The number of aromatic nitrogens is 4. The van der Waals surface area contributed by atoms with Gasteiger partial charge in [-0.05, 0) is 49.7 Å². The first-order valence-electron chi connectivity index (χ1n) is 9.36. The van der Waals surface area contributed by atoms with Crippen LogP contribution < -0.4 is 5.73 Å². The molecule has 2 N–H and O–H groups in total. The Labute approximate surface area is 181 Å². The number of rotatable bonds is 8. The maximum Gasteiger partial charge on any atom is 0.176 e. The summed E-state index contributed by atoms with van der Waals surface area (Å²) in [5.74, 6) is 0.662. The van der Waals surface area contributed by atoms with Gasteiger partial charge in [-0.3, -0.25) is 0 Å². The number of carbonyl (C=O) groups excluding carboxylic acids is 1. The molecule has 0 saturated heterocycles. The van der Waals surface area contributed by atoms with Crippen LogP contribution in [0.5, 0.6) is 0 Å². The molecule has 0 bridgehead atoms. The highest BCUT2D eigenvalue weighted by atomic mass is 35.5. The number of nitrogens with two attached hydrogens (primary N) is 1. The maximum absolute atomic E-state index is 11.1. The van der Waals surface area contributed by atoms with Gasteiger partial charge in [-0.25, -0.2) is 15.0 Å². The molecule has 4 rings (SSSR count). The molecule has 0 unspecified atom stereocenters. The van der Waals surface area contributed by atoms with E-state index in [4.69, 9.17) is 27.3 Å². The molecule has 0 fully saturated rings. The van der Waals surface area contributed by atoms with Gasteiger partial charge in [-0.15, -0.1) is 11.3 Å². The van der Waals surface area contributed by atoms with Crippen molar-refractivity contribution in [3.8, 4) is 0 Å². The zero-order chi connectivity index (χ0) is 20.4. The highest BCUT2D eigenvalue weighted by Gasteiger charge is 2.17. The lowest BCUT2D eigenvalue weighted by Gasteiger charge is -2.08. The van der Waals surface area contributed by atoms with E-state index in [1.807, 2.05) is 24.3 Å². The summed E-state index contributed by atoms with van der Waals surface area (Å²) in [5, 5.41) is 1.54. The molecule has 0 amide bonds. The molecule has 0 aliphatic rings. The summed E-state index contributed by atoms with van der Waals surface area (Å²) in [5.41, 5.74) is 8.62. The summed E-state index contributed by atoms with van der Waals surface area (Å²) in [4.78, 5) is 24.8. The van der Waals surface area contributed by atoms with Crippen LogP contribution in [0.2, 0.25) is 5.02 Å². The number of hydrogen-bond acceptors (Lipinski definition) is 7. The van der Waals surface area contributed by atoms with Crippen molar-refractivity contribution in [1.82, 2.24) is 19.5 Å². The lowest BCUT2D eigenvalue weighted by atomic mass is 10.1. The van der Waals surface area contributed by atoms with Crippen LogP contribution in [0.15, 0.2) is 40.0 Å². The summed E-state index contributed by atoms with van der Waals surface area (Å²) in [7, 11) is 0. The zero-order valence-electron chi connectivity index (χ0n) is 15.9. The monoisotopic (exact) mass is 445 g/mol. The van der Waals surface area contributed by atoms with E-state index in [1.54, 1.807) is 24.5 Å². The first-order valence-corrected chi connectivity index (χ1v) is 11.4. The molecule has 0 spiro atoms. The molecule has 0 radical (unpaired) electrons. The van der Waals surface area contributed by atoms with Gasteiger partial charge in [0.15, 0.2) is 15.3 Å². The van der Waals surface area contributed by atoms with Crippen molar-refractivity contribution in [1.29, 1.82) is 0 Å². The van der Waals surface area contributed by atoms with E-state index < -0.39 is 0 Å². The number of fused-ring (bicyclic) bond motifs is 2. The van der Waals surface area contributed by atoms with E-state index in [2.05, 4.69) is 9.55 Å². The maximum atomic E-state index is 11.1. The number of anilines is 1. The predicted molar refractivity (Wildman–Crippen MR) is 120 cm³/mol. The van der Waals surface area contributed by atoms with Crippen molar-refractivity contribution in [3.05, 3.63) is 35.5 Å². The Morgan fingerprint density at radius 1 is 1.24 bits per heavy atom.